The number of nitrogens with zero attached hydrogens (tertiary/aromatic N) is 3. The van der Waals surface area contributed by atoms with E-state index in [9.17, 15) is 8.42 Å². The van der Waals surface area contributed by atoms with Gasteiger partial charge in [-0.2, -0.15) is 0 Å². The van der Waals surface area contributed by atoms with Crippen LogP contribution in [0.1, 0.15) is 19.4 Å². The molecule has 1 rings (SSSR count). The predicted molar refractivity (Wildman–Crippen MR) is 80.1 cm³/mol. The fourth-order valence-electron chi connectivity index (χ4n) is 1.93. The number of rotatable bonds is 6. The average molecular weight is 293 g/mol. The largest absolute Gasteiger partial charge is 0.224 e. The van der Waals surface area contributed by atoms with Crippen LogP contribution in [0, 0.1) is 12.8 Å². The van der Waals surface area contributed by atoms with E-state index in [4.69, 9.17) is 5.53 Å². The second-order valence-corrected chi connectivity index (χ2v) is 7.03. The van der Waals surface area contributed by atoms with Crippen molar-refractivity contribution >= 4 is 9.84 Å². The van der Waals surface area contributed by atoms with Crippen LogP contribution in [0.15, 0.2) is 46.4 Å². The Bertz CT molecular complexity index is 629. The highest BCUT2D eigenvalue weighted by Crippen LogP contribution is 2.23. The van der Waals surface area contributed by atoms with Crippen molar-refractivity contribution in [1.29, 1.82) is 0 Å². The minimum absolute atomic E-state index is 0.106. The number of hydrogen-bond acceptors (Lipinski definition) is 3. The molecule has 0 saturated heterocycles. The van der Waals surface area contributed by atoms with E-state index in [2.05, 4.69) is 16.6 Å². The van der Waals surface area contributed by atoms with Crippen molar-refractivity contribution in [2.75, 3.05) is 5.75 Å². The third-order valence-corrected chi connectivity index (χ3v) is 5.02. The van der Waals surface area contributed by atoms with Gasteiger partial charge in [0.2, 0.25) is 0 Å². The Labute approximate surface area is 119 Å². The van der Waals surface area contributed by atoms with Crippen LogP contribution in [-0.4, -0.2) is 20.2 Å². The quantitative estimate of drug-likeness (QED) is 0.347. The molecule has 5 nitrogen and oxygen atoms in total. The molecule has 0 N–H and O–H groups in total. The fraction of sp³-hybridized carbons (Fsp3) is 0.429. The SMILES string of the molecule is C=C(C)[C@@H](CS(=O)(=O)c1ccc(C)cc1)[C@H](C)N=[N+]=[N-]. The second kappa shape index (κ2) is 6.59. The maximum Gasteiger partial charge on any atom is 0.178 e. The van der Waals surface area contributed by atoms with Crippen LogP contribution in [0.4, 0.5) is 0 Å². The van der Waals surface area contributed by atoms with Crippen molar-refractivity contribution in [1.82, 2.24) is 0 Å². The molecule has 6 heteroatoms. The van der Waals surface area contributed by atoms with Crippen molar-refractivity contribution in [3.05, 3.63) is 52.4 Å². The smallest absolute Gasteiger partial charge is 0.178 e. The molecule has 0 spiro atoms. The Balaban J connectivity index is 3.06. The minimum atomic E-state index is -3.43. The first-order valence-corrected chi connectivity index (χ1v) is 7.92. The fourth-order valence-corrected chi connectivity index (χ4v) is 3.71. The molecule has 0 bridgehead atoms. The average Bonchev–Trinajstić information content (AvgIpc) is 2.36. The van der Waals surface area contributed by atoms with Crippen molar-refractivity contribution in [3.8, 4) is 0 Å². The molecule has 1 aromatic rings. The van der Waals surface area contributed by atoms with Gasteiger partial charge in [0, 0.05) is 16.9 Å². The van der Waals surface area contributed by atoms with E-state index in [1.807, 2.05) is 6.92 Å². The van der Waals surface area contributed by atoms with E-state index in [1.54, 1.807) is 38.1 Å². The number of sulfone groups is 1. The minimum Gasteiger partial charge on any atom is -0.224 e. The summed E-state index contributed by atoms with van der Waals surface area (Å²) in [4.78, 5) is 3.02. The number of azide groups is 1. The van der Waals surface area contributed by atoms with Gasteiger partial charge >= 0.3 is 0 Å². The van der Waals surface area contributed by atoms with E-state index < -0.39 is 21.8 Å². The van der Waals surface area contributed by atoms with E-state index >= 15 is 0 Å². The van der Waals surface area contributed by atoms with Crippen molar-refractivity contribution in [2.45, 2.75) is 31.7 Å². The van der Waals surface area contributed by atoms with Gasteiger partial charge in [-0.3, -0.25) is 0 Å². The molecule has 20 heavy (non-hydrogen) atoms. The van der Waals surface area contributed by atoms with Gasteiger partial charge in [0.1, 0.15) is 0 Å². The van der Waals surface area contributed by atoms with Gasteiger partial charge in [-0.1, -0.05) is 41.9 Å². The Hall–Kier alpha value is -1.78. The molecule has 0 fully saturated rings. The van der Waals surface area contributed by atoms with Gasteiger partial charge < -0.3 is 0 Å². The number of hydrogen-bond donors (Lipinski definition) is 0. The zero-order valence-corrected chi connectivity index (χ0v) is 12.8. The molecule has 0 unspecified atom stereocenters. The maximum absolute atomic E-state index is 12.4. The van der Waals surface area contributed by atoms with Crippen LogP contribution in [0.5, 0.6) is 0 Å². The first-order chi connectivity index (χ1) is 9.27. The summed E-state index contributed by atoms with van der Waals surface area (Å²) in [6.45, 7) is 9.15. The molecule has 0 aromatic heterocycles. The highest BCUT2D eigenvalue weighted by Gasteiger charge is 2.25. The highest BCUT2D eigenvalue weighted by atomic mass is 32.2. The summed E-state index contributed by atoms with van der Waals surface area (Å²) >= 11 is 0. The summed E-state index contributed by atoms with van der Waals surface area (Å²) in [6.07, 6.45) is 0. The summed E-state index contributed by atoms with van der Waals surface area (Å²) in [5, 5.41) is 3.59. The van der Waals surface area contributed by atoms with Crippen molar-refractivity contribution < 1.29 is 8.42 Å². The lowest BCUT2D eigenvalue weighted by Gasteiger charge is -2.20. The first kappa shape index (κ1) is 16.3. The van der Waals surface area contributed by atoms with Crippen molar-refractivity contribution in [3.63, 3.8) is 0 Å². The third kappa shape index (κ3) is 4.11. The zero-order chi connectivity index (χ0) is 15.3. The van der Waals surface area contributed by atoms with Crippen LogP contribution in [0.25, 0.3) is 10.4 Å². The molecule has 0 radical (unpaired) electrons. The maximum atomic E-state index is 12.4. The third-order valence-electron chi connectivity index (χ3n) is 3.23. The van der Waals surface area contributed by atoms with Crippen LogP contribution < -0.4 is 0 Å². The number of aryl methyl sites for hydroxylation is 1. The molecule has 0 amide bonds. The van der Waals surface area contributed by atoms with E-state index in [1.165, 1.54) is 0 Å². The van der Waals surface area contributed by atoms with Gasteiger partial charge in [0.15, 0.2) is 9.84 Å². The molecule has 0 aliphatic heterocycles. The van der Waals surface area contributed by atoms with Gasteiger partial charge in [-0.25, -0.2) is 8.42 Å². The summed E-state index contributed by atoms with van der Waals surface area (Å²) in [7, 11) is -3.43. The Morgan fingerprint density at radius 3 is 2.40 bits per heavy atom. The van der Waals surface area contributed by atoms with Crippen LogP contribution >= 0.6 is 0 Å². The summed E-state index contributed by atoms with van der Waals surface area (Å²) in [5.74, 6) is -0.497. The second-order valence-electron chi connectivity index (χ2n) is 4.99. The molecule has 1 aromatic carbocycles. The number of benzene rings is 1. The van der Waals surface area contributed by atoms with Crippen LogP contribution in [0.3, 0.4) is 0 Å². The summed E-state index contributed by atoms with van der Waals surface area (Å²) in [5.41, 5.74) is 10.2. The van der Waals surface area contributed by atoms with Gasteiger partial charge in [0.25, 0.3) is 0 Å². The normalized spacial score (nSPS) is 14.2. The molecule has 0 aliphatic carbocycles. The van der Waals surface area contributed by atoms with Crippen molar-refractivity contribution in [2.24, 2.45) is 11.0 Å². The first-order valence-electron chi connectivity index (χ1n) is 6.27. The lowest BCUT2D eigenvalue weighted by atomic mass is 9.97. The summed E-state index contributed by atoms with van der Waals surface area (Å²) in [6, 6.07) is 6.27. The van der Waals surface area contributed by atoms with Crippen LogP contribution in [-0.2, 0) is 9.84 Å². The van der Waals surface area contributed by atoms with E-state index in [0.29, 0.717) is 5.57 Å². The molecule has 108 valence electrons. The van der Waals surface area contributed by atoms with Gasteiger partial charge in [0.05, 0.1) is 10.6 Å². The molecule has 0 heterocycles. The van der Waals surface area contributed by atoms with Gasteiger partial charge in [-0.15, -0.1) is 0 Å². The lowest BCUT2D eigenvalue weighted by molar-refractivity contribution is 0.531. The Kier molecular flexibility index (Phi) is 5.36. The molecular weight excluding hydrogens is 274 g/mol. The van der Waals surface area contributed by atoms with Gasteiger partial charge in [-0.05, 0) is 31.5 Å². The molecule has 0 saturated carbocycles. The Morgan fingerprint density at radius 1 is 1.40 bits per heavy atom. The van der Waals surface area contributed by atoms with E-state index in [-0.39, 0.29) is 10.6 Å². The Morgan fingerprint density at radius 2 is 1.95 bits per heavy atom. The van der Waals surface area contributed by atoms with Crippen LogP contribution in [0.2, 0.25) is 0 Å². The predicted octanol–water partition coefficient (Wildman–Crippen LogP) is 3.66. The molecule has 0 aliphatic rings. The topological polar surface area (TPSA) is 82.9 Å². The highest BCUT2D eigenvalue weighted by molar-refractivity contribution is 7.91. The summed E-state index contributed by atoms with van der Waals surface area (Å²) < 4.78 is 24.8. The standard InChI is InChI=1S/C14H19N3O2S/c1-10(2)14(12(4)16-17-15)9-20(18,19)13-7-5-11(3)6-8-13/h5-8,12,14H,1,9H2,2-4H3/t12-,14+/m0/s1. The lowest BCUT2D eigenvalue weighted by Crippen LogP contribution is -2.25. The zero-order valence-electron chi connectivity index (χ0n) is 11.9. The molecular formula is C14H19N3O2S. The monoisotopic (exact) mass is 293 g/mol. The van der Waals surface area contributed by atoms with E-state index in [0.717, 1.165) is 5.56 Å². The molecule has 2 atom stereocenters.